The number of rotatable bonds is 14. The third-order valence-corrected chi connectivity index (χ3v) is 9.52. The SMILES string of the molecule is COC[C@@H](N)c1ccc2c(c1)nc([C@H](COC(C)(C)C(F)(F)F)N[S+]([O-])C(C)(C)C)n2COCC[Si](C)(C)C. The Morgan fingerprint density at radius 1 is 1.13 bits per heavy atom. The van der Waals surface area contributed by atoms with Crippen LogP contribution in [0.25, 0.3) is 11.0 Å². The first-order valence-electron chi connectivity index (χ1n) is 13.0. The Bertz CT molecular complexity index is 1070. The normalized spacial score (nSPS) is 16.1. The zero-order valence-corrected chi connectivity index (χ0v) is 26.4. The largest absolute Gasteiger partial charge is 0.598 e. The molecule has 0 aliphatic rings. The second-order valence-electron chi connectivity index (χ2n) is 12.4. The molecular weight excluding hydrogens is 549 g/mol. The number of benzene rings is 1. The van der Waals surface area contributed by atoms with E-state index in [1.165, 1.54) is 0 Å². The molecule has 0 saturated carbocycles. The number of nitrogens with one attached hydrogen (secondary N) is 1. The summed E-state index contributed by atoms with van der Waals surface area (Å²) >= 11 is -1.62. The number of methoxy groups -OCH3 is 1. The highest BCUT2D eigenvalue weighted by Crippen LogP contribution is 2.34. The summed E-state index contributed by atoms with van der Waals surface area (Å²) in [5, 5.41) is 0. The van der Waals surface area contributed by atoms with E-state index in [1.54, 1.807) is 32.4 Å². The fraction of sp³-hybridized carbons (Fsp3) is 0.731. The number of hydrogen-bond donors (Lipinski definition) is 2. The first-order valence-corrected chi connectivity index (χ1v) is 17.8. The van der Waals surface area contributed by atoms with Gasteiger partial charge in [-0.25, -0.2) is 4.98 Å². The Morgan fingerprint density at radius 2 is 1.77 bits per heavy atom. The van der Waals surface area contributed by atoms with Crippen molar-refractivity contribution in [2.24, 2.45) is 5.73 Å². The number of halogens is 3. The van der Waals surface area contributed by atoms with Gasteiger partial charge in [-0.3, -0.25) is 0 Å². The average molecular weight is 595 g/mol. The number of aromatic nitrogens is 2. The van der Waals surface area contributed by atoms with Gasteiger partial charge in [0, 0.05) is 33.2 Å². The molecule has 0 spiro atoms. The van der Waals surface area contributed by atoms with Crippen LogP contribution in [0.5, 0.6) is 0 Å². The van der Waals surface area contributed by atoms with Gasteiger partial charge in [-0.15, -0.1) is 4.72 Å². The van der Waals surface area contributed by atoms with E-state index in [0.29, 0.717) is 24.6 Å². The maximum Gasteiger partial charge on any atom is 0.416 e. The van der Waals surface area contributed by atoms with Crippen LogP contribution >= 0.6 is 0 Å². The van der Waals surface area contributed by atoms with Crippen LogP contribution in [0.2, 0.25) is 25.7 Å². The topological polar surface area (TPSA) is 107 Å². The van der Waals surface area contributed by atoms with Crippen LogP contribution in [0.3, 0.4) is 0 Å². The van der Waals surface area contributed by atoms with Gasteiger partial charge in [0.05, 0.1) is 30.3 Å². The third-order valence-electron chi connectivity index (χ3n) is 6.20. The molecule has 3 atom stereocenters. The number of hydrogen-bond acceptors (Lipinski definition) is 7. The molecule has 0 bridgehead atoms. The molecule has 3 N–H and O–H groups in total. The molecule has 0 saturated heterocycles. The summed E-state index contributed by atoms with van der Waals surface area (Å²) in [4.78, 5) is 4.78. The van der Waals surface area contributed by atoms with E-state index < -0.39 is 48.6 Å². The highest BCUT2D eigenvalue weighted by Gasteiger charge is 2.49. The Labute approximate surface area is 234 Å². The van der Waals surface area contributed by atoms with E-state index >= 15 is 0 Å². The van der Waals surface area contributed by atoms with E-state index in [9.17, 15) is 17.7 Å². The van der Waals surface area contributed by atoms with E-state index in [2.05, 4.69) is 24.4 Å². The molecule has 1 unspecified atom stereocenters. The molecule has 1 heterocycles. The Morgan fingerprint density at radius 3 is 2.31 bits per heavy atom. The summed E-state index contributed by atoms with van der Waals surface area (Å²) in [6.45, 7) is 14.6. The van der Waals surface area contributed by atoms with Crippen molar-refractivity contribution in [2.45, 2.75) is 95.6 Å². The summed E-state index contributed by atoms with van der Waals surface area (Å²) in [5.41, 5.74) is 5.92. The first kappa shape index (κ1) is 34.0. The number of alkyl halides is 3. The van der Waals surface area contributed by atoms with E-state index in [4.69, 9.17) is 24.9 Å². The van der Waals surface area contributed by atoms with Crippen molar-refractivity contribution in [1.29, 1.82) is 0 Å². The van der Waals surface area contributed by atoms with Crippen LogP contribution in [-0.4, -0.2) is 65.6 Å². The summed E-state index contributed by atoms with van der Waals surface area (Å²) in [6.07, 6.45) is -4.59. The lowest BCUT2D eigenvalue weighted by molar-refractivity contribution is -0.265. The van der Waals surface area contributed by atoms with Crippen LogP contribution in [0.4, 0.5) is 13.2 Å². The molecule has 13 heteroatoms. The van der Waals surface area contributed by atoms with Gasteiger partial charge in [-0.05, 0) is 58.4 Å². The molecule has 0 amide bonds. The van der Waals surface area contributed by atoms with Gasteiger partial charge in [0.25, 0.3) is 0 Å². The molecule has 0 aliphatic heterocycles. The van der Waals surface area contributed by atoms with Gasteiger partial charge in [0.2, 0.25) is 0 Å². The molecule has 2 rings (SSSR count). The number of imidazole rings is 1. The fourth-order valence-electron chi connectivity index (χ4n) is 3.45. The van der Waals surface area contributed by atoms with Crippen LogP contribution in [0.15, 0.2) is 18.2 Å². The maximum absolute atomic E-state index is 13.6. The second-order valence-corrected chi connectivity index (χ2v) is 20.0. The lowest BCUT2D eigenvalue weighted by Crippen LogP contribution is -2.47. The van der Waals surface area contributed by atoms with E-state index in [1.807, 2.05) is 18.2 Å². The molecule has 0 radical (unpaired) electrons. The average Bonchev–Trinajstić information content (AvgIpc) is 3.15. The van der Waals surface area contributed by atoms with Crippen LogP contribution in [-0.2, 0) is 32.3 Å². The molecule has 224 valence electrons. The quantitative estimate of drug-likeness (QED) is 0.170. The predicted molar refractivity (Wildman–Crippen MR) is 153 cm³/mol. The van der Waals surface area contributed by atoms with Crippen molar-refractivity contribution in [1.82, 2.24) is 14.3 Å². The van der Waals surface area contributed by atoms with Crippen LogP contribution in [0, 0.1) is 0 Å². The van der Waals surface area contributed by atoms with Crippen molar-refractivity contribution in [3.8, 4) is 0 Å². The van der Waals surface area contributed by atoms with Crippen molar-refractivity contribution in [3.05, 3.63) is 29.6 Å². The first-order chi connectivity index (χ1) is 17.8. The summed E-state index contributed by atoms with van der Waals surface area (Å²) in [7, 11) is 0.221. The molecule has 2 aromatic rings. The zero-order chi connectivity index (χ0) is 29.8. The number of nitrogens with zero attached hydrogens (tertiary/aromatic N) is 2. The van der Waals surface area contributed by atoms with E-state index in [-0.39, 0.29) is 12.8 Å². The third kappa shape index (κ3) is 9.70. The summed E-state index contributed by atoms with van der Waals surface area (Å²) < 4.78 is 74.6. The van der Waals surface area contributed by atoms with Crippen molar-refractivity contribution < 1.29 is 31.9 Å². The monoisotopic (exact) mass is 594 g/mol. The van der Waals surface area contributed by atoms with Crippen LogP contribution < -0.4 is 10.5 Å². The number of nitrogens with two attached hydrogens (primary N) is 1. The number of fused-ring (bicyclic) bond motifs is 1. The molecule has 1 aromatic heterocycles. The van der Waals surface area contributed by atoms with Gasteiger partial charge in [0.15, 0.2) is 5.60 Å². The minimum absolute atomic E-state index is 0.128. The molecular formula is C26H45F3N4O4SSi. The van der Waals surface area contributed by atoms with E-state index in [0.717, 1.165) is 31.0 Å². The Hall–Kier alpha value is -1.19. The number of ether oxygens (including phenoxy) is 3. The summed E-state index contributed by atoms with van der Waals surface area (Å²) in [5.74, 6) is 0.367. The molecule has 39 heavy (non-hydrogen) atoms. The molecule has 0 aliphatic carbocycles. The van der Waals surface area contributed by atoms with Gasteiger partial charge < -0.3 is 29.1 Å². The smallest absolute Gasteiger partial charge is 0.416 e. The Balaban J connectivity index is 2.55. The fourth-order valence-corrected chi connectivity index (χ4v) is 4.99. The zero-order valence-electron chi connectivity index (χ0n) is 24.6. The standard InChI is InChI=1S/C26H45F3N4O4SSi/c1-24(2,3)38(34)32-21(16-37-25(4,5)26(27,28)29)23-31-20-14-18(19(30)15-35-6)10-11-22(20)33(23)17-36-12-13-39(7,8)9/h10-11,14,19,21,32H,12-13,15-17,30H2,1-9H3/t19-,21+,38?/m1/s1. The minimum atomic E-state index is -4.59. The van der Waals surface area contributed by atoms with Crippen molar-refractivity contribution in [3.63, 3.8) is 0 Å². The van der Waals surface area contributed by atoms with Gasteiger partial charge in [-0.1, -0.05) is 25.7 Å². The molecule has 1 aromatic carbocycles. The van der Waals surface area contributed by atoms with Crippen LogP contribution in [0.1, 0.15) is 58.1 Å². The summed E-state index contributed by atoms with van der Waals surface area (Å²) in [6, 6.07) is 5.21. The lowest BCUT2D eigenvalue weighted by atomic mass is 10.1. The van der Waals surface area contributed by atoms with Gasteiger partial charge >= 0.3 is 6.18 Å². The predicted octanol–water partition coefficient (Wildman–Crippen LogP) is 5.45. The van der Waals surface area contributed by atoms with Crippen molar-refractivity contribution in [2.75, 3.05) is 26.9 Å². The second kappa shape index (κ2) is 13.2. The van der Waals surface area contributed by atoms with Gasteiger partial charge in [0.1, 0.15) is 23.3 Å². The lowest BCUT2D eigenvalue weighted by Gasteiger charge is -2.32. The Kier molecular flexibility index (Phi) is 11.5. The van der Waals surface area contributed by atoms with Crippen molar-refractivity contribution >= 4 is 30.5 Å². The maximum atomic E-state index is 13.6. The molecule has 0 fully saturated rings. The highest BCUT2D eigenvalue weighted by atomic mass is 32.2. The molecule has 8 nitrogen and oxygen atoms in total. The minimum Gasteiger partial charge on any atom is -0.598 e. The van der Waals surface area contributed by atoms with Gasteiger partial charge in [-0.2, -0.15) is 13.2 Å². The highest BCUT2D eigenvalue weighted by molar-refractivity contribution is 7.90.